The Kier molecular flexibility index (Phi) is 5.51. The summed E-state index contributed by atoms with van der Waals surface area (Å²) in [6.45, 7) is 5.18. The van der Waals surface area contributed by atoms with Gasteiger partial charge in [-0.2, -0.15) is 0 Å². The van der Waals surface area contributed by atoms with E-state index in [1.54, 1.807) is 25.3 Å². The highest BCUT2D eigenvalue weighted by Crippen LogP contribution is 2.20. The minimum absolute atomic E-state index is 0.334. The van der Waals surface area contributed by atoms with E-state index >= 15 is 0 Å². The van der Waals surface area contributed by atoms with Gasteiger partial charge in [0.25, 0.3) is 0 Å². The van der Waals surface area contributed by atoms with Gasteiger partial charge >= 0.3 is 6.03 Å². The zero-order valence-corrected chi connectivity index (χ0v) is 15.1. The summed E-state index contributed by atoms with van der Waals surface area (Å²) in [7, 11) is 0. The van der Waals surface area contributed by atoms with Crippen molar-refractivity contribution in [3.63, 3.8) is 0 Å². The highest BCUT2D eigenvalue weighted by molar-refractivity contribution is 5.90. The molecule has 6 heteroatoms. The van der Waals surface area contributed by atoms with Crippen LogP contribution in [0.5, 0.6) is 0 Å². The molecular formula is C20H23FN4O. The van der Waals surface area contributed by atoms with Crippen molar-refractivity contribution in [1.82, 2.24) is 14.9 Å². The summed E-state index contributed by atoms with van der Waals surface area (Å²) < 4.78 is 15.7. The molecule has 136 valence electrons. The number of halogens is 1. The van der Waals surface area contributed by atoms with Crippen LogP contribution in [0.1, 0.15) is 24.5 Å². The first kappa shape index (κ1) is 17.9. The molecule has 0 spiro atoms. The van der Waals surface area contributed by atoms with Gasteiger partial charge in [-0.1, -0.05) is 13.0 Å². The van der Waals surface area contributed by atoms with E-state index < -0.39 is 0 Å². The summed E-state index contributed by atoms with van der Waals surface area (Å²) >= 11 is 0. The second-order valence-corrected chi connectivity index (χ2v) is 6.27. The van der Waals surface area contributed by atoms with Crippen LogP contribution >= 0.6 is 0 Å². The van der Waals surface area contributed by atoms with Crippen molar-refractivity contribution in [3.8, 4) is 0 Å². The van der Waals surface area contributed by atoms with Gasteiger partial charge in [0.05, 0.1) is 0 Å². The highest BCUT2D eigenvalue weighted by atomic mass is 19.1. The normalized spacial score (nSPS) is 10.9. The molecule has 2 aromatic heterocycles. The zero-order chi connectivity index (χ0) is 18.5. The number of benzene rings is 1. The number of rotatable bonds is 6. The van der Waals surface area contributed by atoms with E-state index in [9.17, 15) is 9.18 Å². The molecule has 3 aromatic rings. The van der Waals surface area contributed by atoms with Crippen LogP contribution in [0.3, 0.4) is 0 Å². The Morgan fingerprint density at radius 1 is 1.27 bits per heavy atom. The van der Waals surface area contributed by atoms with Crippen LogP contribution in [0.4, 0.5) is 14.9 Å². The fourth-order valence-electron chi connectivity index (χ4n) is 3.03. The number of carbonyl (C=O) groups is 1. The van der Waals surface area contributed by atoms with E-state index in [1.807, 2.05) is 6.07 Å². The van der Waals surface area contributed by atoms with Gasteiger partial charge in [-0.15, -0.1) is 0 Å². The lowest BCUT2D eigenvalue weighted by Crippen LogP contribution is -2.30. The molecule has 0 bridgehead atoms. The molecule has 2 heterocycles. The van der Waals surface area contributed by atoms with Crippen LogP contribution in [-0.2, 0) is 13.0 Å². The number of anilines is 1. The summed E-state index contributed by atoms with van der Waals surface area (Å²) in [6, 6.07) is 8.28. The first-order chi connectivity index (χ1) is 12.6. The monoisotopic (exact) mass is 354 g/mol. The Bertz CT molecular complexity index is 919. The highest BCUT2D eigenvalue weighted by Gasteiger charge is 2.10. The smallest absolute Gasteiger partial charge is 0.319 e. The molecule has 2 N–H and O–H groups in total. The molecule has 0 saturated heterocycles. The Hall–Kier alpha value is -2.89. The van der Waals surface area contributed by atoms with Crippen molar-refractivity contribution < 1.29 is 9.18 Å². The lowest BCUT2D eigenvalue weighted by molar-refractivity contribution is 0.252. The molecule has 1 aromatic carbocycles. The topological polar surface area (TPSA) is 59.0 Å². The number of aryl methyl sites for hydroxylation is 1. The van der Waals surface area contributed by atoms with Crippen LogP contribution in [0.2, 0.25) is 0 Å². The number of nitrogens with zero attached hydrogens (tertiary/aromatic N) is 2. The molecule has 26 heavy (non-hydrogen) atoms. The number of fused-ring (bicyclic) bond motifs is 1. The van der Waals surface area contributed by atoms with E-state index in [-0.39, 0.29) is 11.8 Å². The molecule has 2 amide bonds. The minimum Gasteiger partial charge on any atom is -0.338 e. The largest absolute Gasteiger partial charge is 0.338 e. The zero-order valence-electron chi connectivity index (χ0n) is 15.1. The van der Waals surface area contributed by atoms with E-state index in [1.165, 1.54) is 6.07 Å². The van der Waals surface area contributed by atoms with Crippen molar-refractivity contribution in [2.75, 3.05) is 11.9 Å². The van der Waals surface area contributed by atoms with Crippen LogP contribution in [0.25, 0.3) is 11.0 Å². The Morgan fingerprint density at radius 3 is 2.92 bits per heavy atom. The predicted octanol–water partition coefficient (Wildman–Crippen LogP) is 4.26. The Labute approximate surface area is 152 Å². The summed E-state index contributed by atoms with van der Waals surface area (Å²) in [5, 5.41) is 6.64. The number of hydrogen-bond donors (Lipinski definition) is 2. The van der Waals surface area contributed by atoms with Crippen LogP contribution in [-0.4, -0.2) is 22.1 Å². The molecule has 0 radical (unpaired) electrons. The van der Waals surface area contributed by atoms with E-state index in [2.05, 4.69) is 39.4 Å². The van der Waals surface area contributed by atoms with E-state index in [0.717, 1.165) is 29.6 Å². The number of hydrogen-bond acceptors (Lipinski definition) is 2. The SMILES string of the molecule is CCCn1cc(CCNC(=O)Nc2cccc(F)c2C)c2cccnc21. The van der Waals surface area contributed by atoms with E-state index in [0.29, 0.717) is 24.2 Å². The number of urea groups is 1. The standard InChI is InChI=1S/C20H23FN4O/c1-3-12-25-13-15(16-6-5-10-22-19(16)25)9-11-23-20(26)24-18-8-4-7-17(21)14(18)2/h4-8,10,13H,3,9,11-12H2,1-2H3,(H2,23,24,26). The minimum atomic E-state index is -0.339. The third-order valence-corrected chi connectivity index (χ3v) is 4.38. The van der Waals surface area contributed by atoms with Crippen LogP contribution < -0.4 is 10.6 Å². The molecule has 0 atom stereocenters. The van der Waals surface area contributed by atoms with Crippen LogP contribution in [0.15, 0.2) is 42.7 Å². The molecule has 0 aliphatic heterocycles. The lowest BCUT2D eigenvalue weighted by Gasteiger charge is -2.10. The molecule has 0 saturated carbocycles. The quantitative estimate of drug-likeness (QED) is 0.695. The maximum Gasteiger partial charge on any atom is 0.319 e. The maximum atomic E-state index is 13.5. The van der Waals surface area contributed by atoms with Gasteiger partial charge in [-0.25, -0.2) is 14.2 Å². The first-order valence-corrected chi connectivity index (χ1v) is 8.83. The Morgan fingerprint density at radius 2 is 2.12 bits per heavy atom. The van der Waals surface area contributed by atoms with Crippen molar-refractivity contribution in [2.24, 2.45) is 0 Å². The fraction of sp³-hybridized carbons (Fsp3) is 0.300. The van der Waals surface area contributed by atoms with Crippen molar-refractivity contribution in [2.45, 2.75) is 33.2 Å². The number of carbonyl (C=O) groups excluding carboxylic acids is 1. The van der Waals surface area contributed by atoms with Gasteiger partial charge < -0.3 is 15.2 Å². The van der Waals surface area contributed by atoms with Gasteiger partial charge in [-0.3, -0.25) is 0 Å². The average molecular weight is 354 g/mol. The van der Waals surface area contributed by atoms with Gasteiger partial charge in [0, 0.05) is 42.1 Å². The number of amides is 2. The number of aromatic nitrogens is 2. The third-order valence-electron chi connectivity index (χ3n) is 4.38. The molecule has 0 fully saturated rings. The van der Waals surface area contributed by atoms with Gasteiger partial charge in [-0.05, 0) is 49.6 Å². The second-order valence-electron chi connectivity index (χ2n) is 6.27. The summed E-state index contributed by atoms with van der Waals surface area (Å²) in [4.78, 5) is 16.5. The summed E-state index contributed by atoms with van der Waals surface area (Å²) in [6.07, 6.45) is 5.64. The predicted molar refractivity (Wildman–Crippen MR) is 102 cm³/mol. The number of nitrogens with one attached hydrogen (secondary N) is 2. The molecule has 0 aliphatic rings. The molecule has 0 unspecified atom stereocenters. The maximum absolute atomic E-state index is 13.5. The van der Waals surface area contributed by atoms with Crippen molar-refractivity contribution >= 4 is 22.8 Å². The number of pyridine rings is 1. The van der Waals surface area contributed by atoms with Crippen molar-refractivity contribution in [1.29, 1.82) is 0 Å². The third kappa shape index (κ3) is 3.85. The Balaban J connectivity index is 1.62. The van der Waals surface area contributed by atoms with Gasteiger partial charge in [0.1, 0.15) is 11.5 Å². The lowest BCUT2D eigenvalue weighted by atomic mass is 10.1. The first-order valence-electron chi connectivity index (χ1n) is 8.83. The van der Waals surface area contributed by atoms with Gasteiger partial charge in [0.2, 0.25) is 0 Å². The fourth-order valence-corrected chi connectivity index (χ4v) is 3.03. The summed E-state index contributed by atoms with van der Waals surface area (Å²) in [5.74, 6) is -0.334. The van der Waals surface area contributed by atoms with Gasteiger partial charge in [0.15, 0.2) is 0 Å². The second kappa shape index (κ2) is 7.99. The van der Waals surface area contributed by atoms with E-state index in [4.69, 9.17) is 0 Å². The van der Waals surface area contributed by atoms with Crippen molar-refractivity contribution in [3.05, 3.63) is 59.7 Å². The summed E-state index contributed by atoms with van der Waals surface area (Å²) in [5.41, 5.74) is 3.04. The molecule has 5 nitrogen and oxygen atoms in total. The molecule has 3 rings (SSSR count). The average Bonchev–Trinajstić information content (AvgIpc) is 2.98. The molecule has 0 aliphatic carbocycles. The molecular weight excluding hydrogens is 331 g/mol. The van der Waals surface area contributed by atoms with Crippen LogP contribution in [0, 0.1) is 12.7 Å².